The predicted molar refractivity (Wildman–Crippen MR) is 73.7 cm³/mol. The number of nitrogens with zero attached hydrogens (tertiary/aromatic N) is 3. The molecule has 3 nitrogen and oxygen atoms in total. The van der Waals surface area contributed by atoms with Crippen LogP contribution < -0.4 is 0 Å². The summed E-state index contributed by atoms with van der Waals surface area (Å²) in [6.07, 6.45) is 1.44. The van der Waals surface area contributed by atoms with Crippen LogP contribution in [0.5, 0.6) is 0 Å². The van der Waals surface area contributed by atoms with Gasteiger partial charge in [0.25, 0.3) is 0 Å². The molecule has 0 N–H and O–H groups in total. The van der Waals surface area contributed by atoms with Crippen LogP contribution in [-0.2, 0) is 5.41 Å². The Balaban J connectivity index is 2.57. The number of hydrogen-bond donors (Lipinski definition) is 0. The maximum absolute atomic E-state index is 5.86. The van der Waals surface area contributed by atoms with Crippen LogP contribution in [0.15, 0.2) is 24.4 Å². The van der Waals surface area contributed by atoms with Gasteiger partial charge in [-0.25, -0.2) is 4.98 Å². The van der Waals surface area contributed by atoms with Gasteiger partial charge in [0.15, 0.2) is 11.0 Å². The lowest BCUT2D eigenvalue weighted by molar-refractivity contribution is 0.590. The fourth-order valence-electron chi connectivity index (χ4n) is 1.73. The first kappa shape index (κ1) is 13.0. The smallest absolute Gasteiger partial charge is 0.183 e. The largest absolute Gasteiger partial charge is 0.213 e. The zero-order valence-corrected chi connectivity index (χ0v) is 11.8. The molecule has 0 aliphatic heterocycles. The van der Waals surface area contributed by atoms with E-state index in [-0.39, 0.29) is 5.41 Å². The van der Waals surface area contributed by atoms with E-state index in [9.17, 15) is 0 Å². The molecule has 2 rings (SSSR count). The van der Waals surface area contributed by atoms with E-state index in [1.54, 1.807) is 0 Å². The van der Waals surface area contributed by atoms with Crippen molar-refractivity contribution in [3.05, 3.63) is 40.7 Å². The molecular formula is C14H16ClN3. The van der Waals surface area contributed by atoms with E-state index in [2.05, 4.69) is 54.2 Å². The molecule has 0 aliphatic carbocycles. The van der Waals surface area contributed by atoms with Crippen LogP contribution >= 0.6 is 11.6 Å². The van der Waals surface area contributed by atoms with Gasteiger partial charge in [0, 0.05) is 5.56 Å². The third-order valence-electron chi connectivity index (χ3n) is 2.87. The Kier molecular flexibility index (Phi) is 3.35. The number of rotatable bonds is 1. The van der Waals surface area contributed by atoms with Gasteiger partial charge in [-0.1, -0.05) is 44.5 Å². The minimum absolute atomic E-state index is 0.0917. The van der Waals surface area contributed by atoms with Gasteiger partial charge < -0.3 is 0 Å². The molecule has 0 atom stereocenters. The second-order valence-corrected chi connectivity index (χ2v) is 5.77. The fourth-order valence-corrected chi connectivity index (χ4v) is 1.85. The zero-order chi connectivity index (χ0) is 13.3. The van der Waals surface area contributed by atoms with Crippen LogP contribution in [0, 0.1) is 6.92 Å². The van der Waals surface area contributed by atoms with Gasteiger partial charge in [0.2, 0.25) is 0 Å². The number of aryl methyl sites for hydroxylation is 1. The Morgan fingerprint density at radius 2 is 1.89 bits per heavy atom. The SMILES string of the molecule is Cc1ccc(C(C)(C)C)cc1-c1nncc(Cl)n1. The maximum Gasteiger partial charge on any atom is 0.183 e. The van der Waals surface area contributed by atoms with E-state index in [0.29, 0.717) is 11.0 Å². The third kappa shape index (κ3) is 2.67. The number of benzene rings is 1. The fraction of sp³-hybridized carbons (Fsp3) is 0.357. The molecule has 0 aliphatic rings. The van der Waals surface area contributed by atoms with Gasteiger partial charge >= 0.3 is 0 Å². The van der Waals surface area contributed by atoms with Crippen molar-refractivity contribution >= 4 is 11.6 Å². The molecule has 1 aromatic heterocycles. The molecule has 2 aromatic rings. The van der Waals surface area contributed by atoms with Crippen molar-refractivity contribution in [2.75, 3.05) is 0 Å². The van der Waals surface area contributed by atoms with E-state index in [1.807, 2.05) is 6.92 Å². The summed E-state index contributed by atoms with van der Waals surface area (Å²) in [5.74, 6) is 0.575. The first-order chi connectivity index (χ1) is 8.38. The Bertz CT molecular complexity index is 573. The van der Waals surface area contributed by atoms with Crippen molar-refractivity contribution in [3.8, 4) is 11.4 Å². The lowest BCUT2D eigenvalue weighted by atomic mass is 9.85. The molecule has 94 valence electrons. The van der Waals surface area contributed by atoms with Crippen molar-refractivity contribution in [2.45, 2.75) is 33.1 Å². The van der Waals surface area contributed by atoms with Crippen LogP contribution in [0.3, 0.4) is 0 Å². The van der Waals surface area contributed by atoms with E-state index >= 15 is 0 Å². The van der Waals surface area contributed by atoms with Gasteiger partial charge in [-0.15, -0.1) is 5.10 Å². The van der Waals surface area contributed by atoms with Gasteiger partial charge in [-0.2, -0.15) is 5.10 Å². The Labute approximate surface area is 112 Å². The minimum Gasteiger partial charge on any atom is -0.213 e. The highest BCUT2D eigenvalue weighted by atomic mass is 35.5. The van der Waals surface area contributed by atoms with Crippen molar-refractivity contribution in [1.29, 1.82) is 0 Å². The standard InChI is InChI=1S/C14H16ClN3/c1-9-5-6-10(14(2,3)4)7-11(9)13-17-12(15)8-16-18-13/h5-8H,1-4H3. The number of aromatic nitrogens is 3. The predicted octanol–water partition coefficient (Wildman–Crippen LogP) is 3.80. The summed E-state index contributed by atoms with van der Waals surface area (Å²) in [5.41, 5.74) is 3.44. The summed E-state index contributed by atoms with van der Waals surface area (Å²) in [4.78, 5) is 4.22. The number of hydrogen-bond acceptors (Lipinski definition) is 3. The Morgan fingerprint density at radius 1 is 1.17 bits per heavy atom. The van der Waals surface area contributed by atoms with E-state index in [0.717, 1.165) is 11.1 Å². The number of halogens is 1. The molecule has 0 unspecified atom stereocenters. The second kappa shape index (κ2) is 4.65. The monoisotopic (exact) mass is 261 g/mol. The highest BCUT2D eigenvalue weighted by Gasteiger charge is 2.16. The Hall–Kier alpha value is -1.48. The molecule has 1 heterocycles. The van der Waals surface area contributed by atoms with Crippen molar-refractivity contribution in [3.63, 3.8) is 0 Å². The second-order valence-electron chi connectivity index (χ2n) is 5.38. The van der Waals surface area contributed by atoms with Crippen molar-refractivity contribution < 1.29 is 0 Å². The first-order valence-corrected chi connectivity index (χ1v) is 6.22. The average Bonchev–Trinajstić information content (AvgIpc) is 2.28. The van der Waals surface area contributed by atoms with E-state index in [4.69, 9.17) is 11.6 Å². The molecule has 0 amide bonds. The molecule has 18 heavy (non-hydrogen) atoms. The summed E-state index contributed by atoms with van der Waals surface area (Å²) >= 11 is 5.86. The van der Waals surface area contributed by atoms with Gasteiger partial charge in [-0.05, 0) is 29.5 Å². The van der Waals surface area contributed by atoms with Crippen molar-refractivity contribution in [1.82, 2.24) is 15.2 Å². The van der Waals surface area contributed by atoms with Gasteiger partial charge in [0.1, 0.15) is 0 Å². The molecule has 0 saturated heterocycles. The quantitative estimate of drug-likeness (QED) is 0.784. The van der Waals surface area contributed by atoms with E-state index in [1.165, 1.54) is 11.8 Å². The summed E-state index contributed by atoms with van der Waals surface area (Å²) in [7, 11) is 0. The van der Waals surface area contributed by atoms with Crippen LogP contribution in [-0.4, -0.2) is 15.2 Å². The molecule has 1 aromatic carbocycles. The molecular weight excluding hydrogens is 246 g/mol. The summed E-state index contributed by atoms with van der Waals surface area (Å²) in [5, 5.41) is 8.26. The van der Waals surface area contributed by atoms with Crippen LogP contribution in [0.25, 0.3) is 11.4 Å². The highest BCUT2D eigenvalue weighted by molar-refractivity contribution is 6.29. The van der Waals surface area contributed by atoms with Gasteiger partial charge in [-0.3, -0.25) is 0 Å². The molecule has 0 radical (unpaired) electrons. The summed E-state index contributed by atoms with van der Waals surface area (Å²) in [6, 6.07) is 6.33. The summed E-state index contributed by atoms with van der Waals surface area (Å²) in [6.45, 7) is 8.57. The maximum atomic E-state index is 5.86. The topological polar surface area (TPSA) is 38.7 Å². The molecule has 0 fully saturated rings. The van der Waals surface area contributed by atoms with Crippen LogP contribution in [0.1, 0.15) is 31.9 Å². The third-order valence-corrected chi connectivity index (χ3v) is 3.06. The van der Waals surface area contributed by atoms with E-state index < -0.39 is 0 Å². The van der Waals surface area contributed by atoms with Crippen molar-refractivity contribution in [2.24, 2.45) is 0 Å². The zero-order valence-electron chi connectivity index (χ0n) is 11.0. The Morgan fingerprint density at radius 3 is 2.50 bits per heavy atom. The van der Waals surface area contributed by atoms with Crippen LogP contribution in [0.2, 0.25) is 5.15 Å². The first-order valence-electron chi connectivity index (χ1n) is 5.84. The highest BCUT2D eigenvalue weighted by Crippen LogP contribution is 2.28. The molecule has 0 saturated carbocycles. The lowest BCUT2D eigenvalue weighted by Crippen LogP contribution is -2.11. The van der Waals surface area contributed by atoms with Crippen LogP contribution in [0.4, 0.5) is 0 Å². The van der Waals surface area contributed by atoms with Gasteiger partial charge in [0.05, 0.1) is 6.20 Å². The average molecular weight is 262 g/mol. The summed E-state index contributed by atoms with van der Waals surface area (Å²) < 4.78 is 0. The minimum atomic E-state index is 0.0917. The molecule has 4 heteroatoms. The lowest BCUT2D eigenvalue weighted by Gasteiger charge is -2.20. The molecule has 0 spiro atoms. The molecule has 0 bridgehead atoms. The normalized spacial score (nSPS) is 11.6.